The van der Waals surface area contributed by atoms with Gasteiger partial charge in [-0.25, -0.2) is 0 Å². The fraction of sp³-hybridized carbons (Fsp3) is 0.424. The fourth-order valence-corrected chi connectivity index (χ4v) is 8.16. The molecule has 1 aliphatic carbocycles. The lowest BCUT2D eigenvalue weighted by atomic mass is 9.78. The molecule has 0 unspecified atom stereocenters. The molecule has 6 atom stereocenters. The molecular formula is C33H35N5O6. The van der Waals surface area contributed by atoms with Crippen LogP contribution < -0.4 is 5.32 Å². The predicted octanol–water partition coefficient (Wildman–Crippen LogP) is 1.11. The van der Waals surface area contributed by atoms with Gasteiger partial charge in [-0.15, -0.1) is 0 Å². The maximum atomic E-state index is 14.2. The number of nitrogens with one attached hydrogen (secondary N) is 2. The molecule has 3 amide bonds. The number of aromatic nitrogens is 1. The van der Waals surface area contributed by atoms with E-state index in [1.165, 1.54) is 12.5 Å². The van der Waals surface area contributed by atoms with E-state index in [0.717, 1.165) is 38.9 Å². The summed E-state index contributed by atoms with van der Waals surface area (Å²) in [5.41, 5.74) is 0.761. The van der Waals surface area contributed by atoms with Crippen molar-refractivity contribution in [3.63, 3.8) is 0 Å². The number of nitrogens with zero attached hydrogens (tertiary/aromatic N) is 3. The Hall–Kier alpha value is -4.03. The SMILES string of the molecule is CN1C[C@](O)(C(=O)N[C@@]2(C)O[C@@]3(O)[C@@H]4CCCN4C(=O)[C@H](Cc4ccccc4)N3C2=O)C=C2c3cccc4[nH]cc(c34)C[C@H]21. The average molecular weight is 598 g/mol. The van der Waals surface area contributed by atoms with E-state index in [1.807, 2.05) is 66.7 Å². The van der Waals surface area contributed by atoms with Crippen LogP contribution >= 0.6 is 0 Å². The Kier molecular flexibility index (Phi) is 5.78. The minimum atomic E-state index is -2.14. The van der Waals surface area contributed by atoms with E-state index in [2.05, 4.69) is 10.3 Å². The molecular weight excluding hydrogens is 562 g/mol. The molecule has 3 aromatic rings. The van der Waals surface area contributed by atoms with E-state index in [4.69, 9.17) is 4.74 Å². The predicted molar refractivity (Wildman–Crippen MR) is 159 cm³/mol. The van der Waals surface area contributed by atoms with Gasteiger partial charge in [-0.3, -0.25) is 28.9 Å². The van der Waals surface area contributed by atoms with Crippen molar-refractivity contribution in [3.05, 3.63) is 77.5 Å². The molecule has 5 aliphatic rings. The number of carbonyl (C=O) groups is 3. The van der Waals surface area contributed by atoms with Crippen LogP contribution in [0.15, 0.2) is 60.8 Å². The van der Waals surface area contributed by atoms with Crippen molar-refractivity contribution in [2.75, 3.05) is 20.1 Å². The van der Waals surface area contributed by atoms with Gasteiger partial charge in [0.2, 0.25) is 11.6 Å². The smallest absolute Gasteiger partial charge is 0.280 e. The summed E-state index contributed by atoms with van der Waals surface area (Å²) in [4.78, 5) is 49.9. The van der Waals surface area contributed by atoms with Gasteiger partial charge in [-0.05, 0) is 67.6 Å². The maximum absolute atomic E-state index is 14.2. The highest BCUT2D eigenvalue weighted by Gasteiger charge is 2.70. The average Bonchev–Trinajstić information content (AvgIpc) is 3.70. The molecule has 0 bridgehead atoms. The van der Waals surface area contributed by atoms with Crippen molar-refractivity contribution in [3.8, 4) is 0 Å². The second kappa shape index (κ2) is 9.24. The van der Waals surface area contributed by atoms with Crippen molar-refractivity contribution in [1.29, 1.82) is 0 Å². The molecule has 4 N–H and O–H groups in total. The number of ether oxygens (including phenoxy) is 1. The van der Waals surface area contributed by atoms with Crippen LogP contribution in [-0.4, -0.2) is 103 Å². The van der Waals surface area contributed by atoms with Gasteiger partial charge < -0.3 is 25.4 Å². The second-order valence-electron chi connectivity index (χ2n) is 13.0. The Balaban J connectivity index is 1.14. The first-order valence-corrected chi connectivity index (χ1v) is 15.2. The first kappa shape index (κ1) is 27.5. The zero-order valence-corrected chi connectivity index (χ0v) is 24.6. The van der Waals surface area contributed by atoms with Gasteiger partial charge >= 0.3 is 0 Å². The van der Waals surface area contributed by atoms with Crippen LogP contribution in [0.5, 0.6) is 0 Å². The van der Waals surface area contributed by atoms with Crippen LogP contribution in [0.2, 0.25) is 0 Å². The minimum Gasteiger partial charge on any atom is -0.375 e. The third kappa shape index (κ3) is 3.73. The van der Waals surface area contributed by atoms with E-state index < -0.39 is 41.1 Å². The number of amides is 3. The van der Waals surface area contributed by atoms with Crippen LogP contribution in [0.4, 0.5) is 0 Å². The second-order valence-corrected chi connectivity index (χ2v) is 13.0. The summed E-state index contributed by atoms with van der Waals surface area (Å²) in [5, 5.41) is 27.7. The number of β-amino-alcohol motifs (C(OH)–C–C–N with tert-alkyl or cyclic N) is 1. The molecule has 44 heavy (non-hydrogen) atoms. The van der Waals surface area contributed by atoms with Crippen LogP contribution in [0.25, 0.3) is 16.5 Å². The molecule has 228 valence electrons. The maximum Gasteiger partial charge on any atom is 0.280 e. The molecule has 8 rings (SSSR count). The van der Waals surface area contributed by atoms with Gasteiger partial charge in [0.15, 0.2) is 5.60 Å². The number of carbonyl (C=O) groups excluding carboxylic acids is 3. The summed E-state index contributed by atoms with van der Waals surface area (Å²) in [7, 11) is 1.87. The highest BCUT2D eigenvalue weighted by molar-refractivity contribution is 6.02. The number of rotatable bonds is 4. The molecule has 11 heteroatoms. The van der Waals surface area contributed by atoms with Crippen LogP contribution in [0, 0.1) is 0 Å². The number of fused-ring (bicyclic) bond motifs is 5. The van der Waals surface area contributed by atoms with Crippen molar-refractivity contribution in [2.24, 2.45) is 0 Å². The van der Waals surface area contributed by atoms with Crippen LogP contribution in [-0.2, 0) is 32.0 Å². The Labute approximate surface area is 254 Å². The summed E-state index contributed by atoms with van der Waals surface area (Å²) in [6, 6.07) is 13.4. The Morgan fingerprint density at radius 2 is 1.93 bits per heavy atom. The first-order chi connectivity index (χ1) is 21.0. The van der Waals surface area contributed by atoms with Crippen LogP contribution in [0.1, 0.15) is 36.5 Å². The lowest BCUT2D eigenvalue weighted by Gasteiger charge is -2.48. The topological polar surface area (TPSA) is 138 Å². The number of H-pyrrole nitrogens is 1. The van der Waals surface area contributed by atoms with Gasteiger partial charge in [0, 0.05) is 42.7 Å². The van der Waals surface area contributed by atoms with Crippen LogP contribution in [0.3, 0.4) is 0 Å². The zero-order chi connectivity index (χ0) is 30.6. The standard InChI is InChI=1S/C33H35N5O6/c1-31(30(41)38-25(14-19-8-4-3-5-9-19)28(39)37-13-7-12-26(37)33(38,43)44-31)35-29(40)32(42)16-22-21-10-6-11-23-27(21)20(17-34-23)15-24(22)36(2)18-32/h3-6,8-11,16-17,24-26,34,42-43H,7,12-15,18H2,1-2H3,(H,35,40)/t24-,25+,26+,31+,32+,33+/m1/s1. The fourth-order valence-electron chi connectivity index (χ4n) is 8.16. The third-order valence-corrected chi connectivity index (χ3v) is 10.2. The lowest BCUT2D eigenvalue weighted by Crippen LogP contribution is -2.71. The highest BCUT2D eigenvalue weighted by atomic mass is 16.7. The molecule has 11 nitrogen and oxygen atoms in total. The number of hydrogen-bond acceptors (Lipinski definition) is 7. The van der Waals surface area contributed by atoms with Crippen molar-refractivity contribution in [1.82, 2.24) is 25.0 Å². The largest absolute Gasteiger partial charge is 0.375 e. The molecule has 1 aromatic heterocycles. The molecule has 3 fully saturated rings. The Bertz CT molecular complexity index is 1760. The van der Waals surface area contributed by atoms with Crippen molar-refractivity contribution < 1.29 is 29.3 Å². The lowest BCUT2D eigenvalue weighted by molar-refractivity contribution is -0.315. The Morgan fingerprint density at radius 1 is 1.14 bits per heavy atom. The molecule has 2 aromatic carbocycles. The summed E-state index contributed by atoms with van der Waals surface area (Å²) >= 11 is 0. The molecule has 0 spiro atoms. The summed E-state index contributed by atoms with van der Waals surface area (Å²) in [5.74, 6) is -3.95. The molecule has 4 aliphatic heterocycles. The molecule has 5 heterocycles. The molecule has 0 radical (unpaired) electrons. The normalized spacial score (nSPS) is 34.5. The molecule has 3 saturated heterocycles. The zero-order valence-electron chi connectivity index (χ0n) is 24.6. The number of benzene rings is 2. The van der Waals surface area contributed by atoms with Gasteiger partial charge in [-0.2, -0.15) is 0 Å². The first-order valence-electron chi connectivity index (χ1n) is 15.2. The summed E-state index contributed by atoms with van der Waals surface area (Å²) < 4.78 is 6.16. The summed E-state index contributed by atoms with van der Waals surface area (Å²) in [6.07, 6.45) is 5.62. The minimum absolute atomic E-state index is 0.00743. The summed E-state index contributed by atoms with van der Waals surface area (Å²) in [6.45, 7) is 1.82. The quantitative estimate of drug-likeness (QED) is 0.354. The van der Waals surface area contributed by atoms with E-state index in [9.17, 15) is 24.6 Å². The van der Waals surface area contributed by atoms with Gasteiger partial charge in [0.1, 0.15) is 12.1 Å². The number of piperazine rings is 1. The van der Waals surface area contributed by atoms with Crippen molar-refractivity contribution >= 4 is 34.2 Å². The monoisotopic (exact) mass is 597 g/mol. The number of hydrogen-bond donors (Lipinski definition) is 4. The van der Waals surface area contributed by atoms with E-state index >= 15 is 0 Å². The Morgan fingerprint density at radius 3 is 2.73 bits per heavy atom. The van der Waals surface area contributed by atoms with Gasteiger partial charge in [-0.1, -0.05) is 42.5 Å². The van der Waals surface area contributed by atoms with Gasteiger partial charge in [0.25, 0.3) is 17.7 Å². The molecule has 0 saturated carbocycles. The number of likely N-dealkylation sites (N-methyl/N-ethyl adjacent to an activating group) is 1. The highest BCUT2D eigenvalue weighted by Crippen LogP contribution is 2.46. The third-order valence-electron chi connectivity index (χ3n) is 10.2. The van der Waals surface area contributed by atoms with E-state index in [-0.39, 0.29) is 24.9 Å². The number of aromatic amines is 1. The number of aliphatic hydroxyl groups is 2. The van der Waals surface area contributed by atoms with E-state index in [1.54, 1.807) is 11.0 Å². The van der Waals surface area contributed by atoms with E-state index in [0.29, 0.717) is 19.4 Å². The van der Waals surface area contributed by atoms with Gasteiger partial charge in [0.05, 0.1) is 0 Å². The van der Waals surface area contributed by atoms with Crippen molar-refractivity contribution in [2.45, 2.75) is 68.0 Å².